The summed E-state index contributed by atoms with van der Waals surface area (Å²) >= 11 is 0. The summed E-state index contributed by atoms with van der Waals surface area (Å²) in [5.41, 5.74) is 3.54. The lowest BCUT2D eigenvalue weighted by Gasteiger charge is -2.33. The van der Waals surface area contributed by atoms with Gasteiger partial charge < -0.3 is 9.47 Å². The Bertz CT molecular complexity index is 636. The standard InChI is InChI=1S/C21H28O3/c1-15-7-6-14-21(3,4)19(15)13-8-16(2)24-20(22)17-9-11-18(23-5)12-10-17/h8-13,16H,6-7,14H2,1-5H3/b13-8+. The Labute approximate surface area is 145 Å². The van der Waals surface area contributed by atoms with Crippen molar-refractivity contribution in [1.29, 1.82) is 0 Å². The zero-order chi connectivity index (χ0) is 17.7. The molecule has 0 bridgehead atoms. The number of rotatable bonds is 5. The Hall–Kier alpha value is -2.03. The van der Waals surface area contributed by atoms with Crippen molar-refractivity contribution in [2.24, 2.45) is 5.41 Å². The van der Waals surface area contributed by atoms with Crippen LogP contribution < -0.4 is 4.74 Å². The lowest BCUT2D eigenvalue weighted by molar-refractivity contribution is 0.0424. The predicted molar refractivity (Wildman–Crippen MR) is 97.3 cm³/mol. The van der Waals surface area contributed by atoms with Gasteiger partial charge in [0.25, 0.3) is 0 Å². The minimum absolute atomic E-state index is 0.193. The van der Waals surface area contributed by atoms with E-state index in [1.807, 2.05) is 13.0 Å². The van der Waals surface area contributed by atoms with Gasteiger partial charge in [-0.15, -0.1) is 0 Å². The number of carbonyl (C=O) groups excluding carboxylic acids is 1. The zero-order valence-electron chi connectivity index (χ0n) is 15.4. The van der Waals surface area contributed by atoms with Gasteiger partial charge in [-0.05, 0) is 74.4 Å². The first kappa shape index (κ1) is 18.3. The lowest BCUT2D eigenvalue weighted by atomic mass is 9.72. The second kappa shape index (κ2) is 7.69. The summed E-state index contributed by atoms with van der Waals surface area (Å²) in [5, 5.41) is 0. The van der Waals surface area contributed by atoms with Crippen LogP contribution in [-0.4, -0.2) is 19.2 Å². The third-order valence-corrected chi connectivity index (χ3v) is 4.70. The molecule has 0 saturated carbocycles. The van der Waals surface area contributed by atoms with Gasteiger partial charge in [-0.1, -0.05) is 25.5 Å². The molecule has 130 valence electrons. The van der Waals surface area contributed by atoms with Gasteiger partial charge in [-0.2, -0.15) is 0 Å². The van der Waals surface area contributed by atoms with Gasteiger partial charge >= 0.3 is 5.97 Å². The van der Waals surface area contributed by atoms with Crippen molar-refractivity contribution >= 4 is 5.97 Å². The SMILES string of the molecule is COc1ccc(C(=O)OC(C)/C=C/C2=C(C)CCCC2(C)C)cc1. The van der Waals surface area contributed by atoms with Crippen molar-refractivity contribution in [2.45, 2.75) is 53.1 Å². The molecule has 1 aromatic rings. The average molecular weight is 328 g/mol. The maximum atomic E-state index is 12.2. The van der Waals surface area contributed by atoms with Crippen LogP contribution in [0.2, 0.25) is 0 Å². The molecule has 3 nitrogen and oxygen atoms in total. The molecule has 0 saturated heterocycles. The first-order valence-corrected chi connectivity index (χ1v) is 8.57. The summed E-state index contributed by atoms with van der Waals surface area (Å²) in [7, 11) is 1.60. The van der Waals surface area contributed by atoms with Crippen molar-refractivity contribution in [3.05, 3.63) is 53.1 Å². The largest absolute Gasteiger partial charge is 0.497 e. The van der Waals surface area contributed by atoms with Crippen molar-refractivity contribution in [3.63, 3.8) is 0 Å². The molecule has 0 aromatic heterocycles. The van der Waals surface area contributed by atoms with E-state index in [-0.39, 0.29) is 17.5 Å². The van der Waals surface area contributed by atoms with Gasteiger partial charge in [0, 0.05) is 0 Å². The molecule has 1 atom stereocenters. The maximum absolute atomic E-state index is 12.2. The predicted octanol–water partition coefficient (Wildman–Crippen LogP) is 5.32. The summed E-state index contributed by atoms with van der Waals surface area (Å²) in [6.07, 6.45) is 7.46. The normalized spacial score (nSPS) is 18.5. The summed E-state index contributed by atoms with van der Waals surface area (Å²) in [6, 6.07) is 6.95. The Morgan fingerprint density at radius 3 is 2.50 bits per heavy atom. The van der Waals surface area contributed by atoms with Crippen LogP contribution in [0.5, 0.6) is 5.75 Å². The van der Waals surface area contributed by atoms with Gasteiger partial charge in [-0.25, -0.2) is 4.79 Å². The molecule has 0 N–H and O–H groups in total. The molecule has 1 unspecified atom stereocenters. The first-order chi connectivity index (χ1) is 11.3. The molecule has 1 aliphatic carbocycles. The third kappa shape index (κ3) is 4.50. The molecular formula is C21H28O3. The van der Waals surface area contributed by atoms with Crippen LogP contribution in [0.25, 0.3) is 0 Å². The second-order valence-corrected chi connectivity index (χ2v) is 7.13. The van der Waals surface area contributed by atoms with Crippen LogP contribution in [0.1, 0.15) is 57.3 Å². The van der Waals surface area contributed by atoms with Gasteiger partial charge in [0.1, 0.15) is 11.9 Å². The van der Waals surface area contributed by atoms with Gasteiger partial charge in [0.2, 0.25) is 0 Å². The van der Waals surface area contributed by atoms with Gasteiger partial charge in [-0.3, -0.25) is 0 Å². The van der Waals surface area contributed by atoms with Crippen LogP contribution in [0, 0.1) is 5.41 Å². The van der Waals surface area contributed by atoms with E-state index in [4.69, 9.17) is 9.47 Å². The van der Waals surface area contributed by atoms with Crippen LogP contribution in [-0.2, 0) is 4.74 Å². The number of benzene rings is 1. The molecule has 1 aromatic carbocycles. The lowest BCUT2D eigenvalue weighted by Crippen LogP contribution is -2.19. The van der Waals surface area contributed by atoms with Crippen LogP contribution in [0.4, 0.5) is 0 Å². The number of hydrogen-bond donors (Lipinski definition) is 0. The average Bonchev–Trinajstić information content (AvgIpc) is 2.53. The monoisotopic (exact) mass is 328 g/mol. The van der Waals surface area contributed by atoms with Gasteiger partial charge in [0.05, 0.1) is 12.7 Å². The highest BCUT2D eigenvalue weighted by Crippen LogP contribution is 2.40. The molecule has 0 radical (unpaired) electrons. The summed E-state index contributed by atoms with van der Waals surface area (Å²) in [4.78, 5) is 12.2. The molecule has 0 amide bonds. The second-order valence-electron chi connectivity index (χ2n) is 7.13. The van der Waals surface area contributed by atoms with E-state index < -0.39 is 0 Å². The quantitative estimate of drug-likeness (QED) is 0.686. The molecule has 1 aliphatic rings. The number of carbonyl (C=O) groups is 1. The highest BCUT2D eigenvalue weighted by atomic mass is 16.5. The minimum Gasteiger partial charge on any atom is -0.497 e. The highest BCUT2D eigenvalue weighted by molar-refractivity contribution is 5.89. The molecule has 0 heterocycles. The van der Waals surface area contributed by atoms with E-state index in [1.165, 1.54) is 24.0 Å². The smallest absolute Gasteiger partial charge is 0.338 e. The third-order valence-electron chi connectivity index (χ3n) is 4.70. The first-order valence-electron chi connectivity index (χ1n) is 8.57. The zero-order valence-corrected chi connectivity index (χ0v) is 15.4. The molecule has 0 aliphatic heterocycles. The topological polar surface area (TPSA) is 35.5 Å². The Morgan fingerprint density at radius 2 is 1.92 bits per heavy atom. The van der Waals surface area contributed by atoms with Crippen LogP contribution in [0.15, 0.2) is 47.6 Å². The molecule has 2 rings (SSSR count). The fourth-order valence-corrected chi connectivity index (χ4v) is 3.25. The number of methoxy groups -OCH3 is 1. The Balaban J connectivity index is 2.01. The molecule has 0 spiro atoms. The highest BCUT2D eigenvalue weighted by Gasteiger charge is 2.26. The van der Waals surface area contributed by atoms with Gasteiger partial charge in [0.15, 0.2) is 0 Å². The summed E-state index contributed by atoms with van der Waals surface area (Å²) in [5.74, 6) is 0.407. The van der Waals surface area contributed by atoms with E-state index in [1.54, 1.807) is 31.4 Å². The van der Waals surface area contributed by atoms with Crippen molar-refractivity contribution in [3.8, 4) is 5.75 Å². The summed E-state index contributed by atoms with van der Waals surface area (Å²) < 4.78 is 10.6. The summed E-state index contributed by atoms with van der Waals surface area (Å²) in [6.45, 7) is 8.66. The van der Waals surface area contributed by atoms with E-state index in [2.05, 4.69) is 26.8 Å². The maximum Gasteiger partial charge on any atom is 0.338 e. The molecule has 24 heavy (non-hydrogen) atoms. The van der Waals surface area contributed by atoms with E-state index in [0.29, 0.717) is 5.56 Å². The number of ether oxygens (including phenoxy) is 2. The van der Waals surface area contributed by atoms with Crippen molar-refractivity contribution in [2.75, 3.05) is 7.11 Å². The Kier molecular flexibility index (Phi) is 5.87. The number of esters is 1. The van der Waals surface area contributed by atoms with E-state index in [0.717, 1.165) is 12.2 Å². The molecular weight excluding hydrogens is 300 g/mol. The fraction of sp³-hybridized carbons (Fsp3) is 0.476. The number of allylic oxidation sites excluding steroid dienone is 3. The minimum atomic E-state index is -0.316. The fourth-order valence-electron chi connectivity index (χ4n) is 3.25. The number of hydrogen-bond acceptors (Lipinski definition) is 3. The van der Waals surface area contributed by atoms with Crippen molar-refractivity contribution < 1.29 is 14.3 Å². The Morgan fingerprint density at radius 1 is 1.25 bits per heavy atom. The molecule has 3 heteroatoms. The van der Waals surface area contributed by atoms with Crippen LogP contribution >= 0.6 is 0 Å². The van der Waals surface area contributed by atoms with Crippen LogP contribution in [0.3, 0.4) is 0 Å². The van der Waals surface area contributed by atoms with E-state index in [9.17, 15) is 4.79 Å². The van der Waals surface area contributed by atoms with E-state index >= 15 is 0 Å². The molecule has 0 fully saturated rings. The van der Waals surface area contributed by atoms with Crippen molar-refractivity contribution in [1.82, 2.24) is 0 Å².